The van der Waals surface area contributed by atoms with Crippen LogP contribution < -0.4 is 11.1 Å². The first-order valence-corrected chi connectivity index (χ1v) is 7.99. The number of hydrogen-bond acceptors (Lipinski definition) is 4. The van der Waals surface area contributed by atoms with Gasteiger partial charge in [0, 0.05) is 17.7 Å². The molecule has 8 heteroatoms. The number of nitrogens with two attached hydrogens (primary N) is 1. The van der Waals surface area contributed by atoms with Crippen LogP contribution in [0.4, 0.5) is 14.9 Å². The van der Waals surface area contributed by atoms with Gasteiger partial charge in [-0.2, -0.15) is 0 Å². The van der Waals surface area contributed by atoms with Gasteiger partial charge in [0.1, 0.15) is 5.82 Å². The van der Waals surface area contributed by atoms with Crippen LogP contribution in [0.1, 0.15) is 22.8 Å². The molecular weight excluding hydrogens is 363 g/mol. The highest BCUT2D eigenvalue weighted by Crippen LogP contribution is 2.25. The molecule has 0 spiro atoms. The predicted molar refractivity (Wildman–Crippen MR) is 94.6 cm³/mol. The van der Waals surface area contributed by atoms with E-state index in [0.717, 1.165) is 6.07 Å². The standard InChI is InChI=1S/C18H16ClFN2O4/c1-10(26-18(21)25)15(23)9-12-14(20)8-7-13(19)16(12)17(24)22-11-5-3-2-4-6-11/h2-8,10H,9H2,1H3,(H2,21,25)(H,22,24). The Morgan fingerprint density at radius 3 is 2.46 bits per heavy atom. The fourth-order valence-electron chi connectivity index (χ4n) is 2.29. The van der Waals surface area contributed by atoms with E-state index >= 15 is 0 Å². The van der Waals surface area contributed by atoms with E-state index in [1.54, 1.807) is 30.3 Å². The largest absolute Gasteiger partial charge is 0.439 e. The van der Waals surface area contributed by atoms with Gasteiger partial charge in [0.25, 0.3) is 5.91 Å². The van der Waals surface area contributed by atoms with Crippen LogP contribution in [0.3, 0.4) is 0 Å². The number of benzene rings is 2. The fraction of sp³-hybridized carbons (Fsp3) is 0.167. The summed E-state index contributed by atoms with van der Waals surface area (Å²) in [5.74, 6) is -2.06. The average molecular weight is 379 g/mol. The summed E-state index contributed by atoms with van der Waals surface area (Å²) >= 11 is 6.07. The second-order valence-electron chi connectivity index (χ2n) is 5.43. The molecule has 1 unspecified atom stereocenters. The van der Waals surface area contributed by atoms with Crippen molar-refractivity contribution in [1.82, 2.24) is 0 Å². The van der Waals surface area contributed by atoms with Gasteiger partial charge in [0.05, 0.1) is 10.6 Å². The summed E-state index contributed by atoms with van der Waals surface area (Å²) in [5.41, 5.74) is 5.01. The van der Waals surface area contributed by atoms with Crippen LogP contribution in [0.25, 0.3) is 0 Å². The van der Waals surface area contributed by atoms with Gasteiger partial charge in [0.2, 0.25) is 0 Å². The Bertz CT molecular complexity index is 843. The molecule has 0 saturated carbocycles. The molecular formula is C18H16ClFN2O4. The van der Waals surface area contributed by atoms with Crippen molar-refractivity contribution < 1.29 is 23.5 Å². The molecule has 3 N–H and O–H groups in total. The molecule has 0 radical (unpaired) electrons. The van der Waals surface area contributed by atoms with Crippen molar-refractivity contribution in [2.75, 3.05) is 5.32 Å². The molecule has 2 aromatic rings. The lowest BCUT2D eigenvalue weighted by Crippen LogP contribution is -2.29. The van der Waals surface area contributed by atoms with E-state index in [9.17, 15) is 18.8 Å². The molecule has 0 fully saturated rings. The van der Waals surface area contributed by atoms with E-state index in [2.05, 4.69) is 10.1 Å². The minimum Gasteiger partial charge on any atom is -0.439 e. The Balaban J connectivity index is 2.31. The number of rotatable bonds is 6. The van der Waals surface area contributed by atoms with Crippen molar-refractivity contribution in [3.8, 4) is 0 Å². The normalized spacial score (nSPS) is 11.5. The summed E-state index contributed by atoms with van der Waals surface area (Å²) < 4.78 is 18.9. The van der Waals surface area contributed by atoms with Crippen molar-refractivity contribution in [3.05, 3.63) is 64.4 Å². The van der Waals surface area contributed by atoms with Gasteiger partial charge in [-0.25, -0.2) is 9.18 Å². The number of anilines is 1. The molecule has 26 heavy (non-hydrogen) atoms. The number of nitrogens with one attached hydrogen (secondary N) is 1. The molecule has 136 valence electrons. The van der Waals surface area contributed by atoms with Crippen LogP contribution in [0.2, 0.25) is 5.02 Å². The number of ether oxygens (including phenoxy) is 1. The topological polar surface area (TPSA) is 98.5 Å². The van der Waals surface area contributed by atoms with E-state index in [-0.39, 0.29) is 16.1 Å². The Morgan fingerprint density at radius 2 is 1.85 bits per heavy atom. The first kappa shape index (κ1) is 19.4. The molecule has 2 amide bonds. The van der Waals surface area contributed by atoms with Gasteiger partial charge < -0.3 is 15.8 Å². The average Bonchev–Trinajstić information content (AvgIpc) is 2.58. The van der Waals surface area contributed by atoms with Crippen LogP contribution in [0, 0.1) is 5.82 Å². The number of carbonyl (C=O) groups is 3. The zero-order valence-corrected chi connectivity index (χ0v) is 14.5. The van der Waals surface area contributed by atoms with Crippen LogP contribution >= 0.6 is 11.6 Å². The Hall–Kier alpha value is -2.93. The Morgan fingerprint density at radius 1 is 1.19 bits per heavy atom. The number of Topliss-reactive ketones (excluding diaryl/α,β-unsaturated/α-hetero) is 1. The van der Waals surface area contributed by atoms with Gasteiger partial charge in [-0.15, -0.1) is 0 Å². The van der Waals surface area contributed by atoms with Crippen molar-refractivity contribution in [2.24, 2.45) is 5.73 Å². The van der Waals surface area contributed by atoms with Crippen molar-refractivity contribution in [2.45, 2.75) is 19.4 Å². The van der Waals surface area contributed by atoms with E-state index in [0.29, 0.717) is 5.69 Å². The molecule has 0 heterocycles. The van der Waals surface area contributed by atoms with Crippen molar-refractivity contribution in [1.29, 1.82) is 0 Å². The molecule has 0 aliphatic rings. The summed E-state index contributed by atoms with van der Waals surface area (Å²) in [6.45, 7) is 1.30. The number of ketones is 1. The summed E-state index contributed by atoms with van der Waals surface area (Å²) in [7, 11) is 0. The number of primary amides is 1. The maximum Gasteiger partial charge on any atom is 0.405 e. The summed E-state index contributed by atoms with van der Waals surface area (Å²) in [6.07, 6.45) is -2.80. The molecule has 0 aromatic heterocycles. The second kappa shape index (κ2) is 8.44. The van der Waals surface area contributed by atoms with Gasteiger partial charge in [0.15, 0.2) is 11.9 Å². The molecule has 2 aromatic carbocycles. The quantitative estimate of drug-likeness (QED) is 0.805. The molecule has 0 aliphatic heterocycles. The monoisotopic (exact) mass is 378 g/mol. The highest BCUT2D eigenvalue weighted by molar-refractivity contribution is 6.34. The molecule has 2 rings (SSSR count). The van der Waals surface area contributed by atoms with E-state index in [1.165, 1.54) is 13.0 Å². The predicted octanol–water partition coefficient (Wildman–Crippen LogP) is 3.33. The van der Waals surface area contributed by atoms with E-state index < -0.39 is 36.1 Å². The first-order valence-electron chi connectivity index (χ1n) is 7.61. The number of para-hydroxylation sites is 1. The molecule has 6 nitrogen and oxygen atoms in total. The van der Waals surface area contributed by atoms with Crippen LogP contribution in [0.15, 0.2) is 42.5 Å². The fourth-order valence-corrected chi connectivity index (χ4v) is 2.55. The lowest BCUT2D eigenvalue weighted by molar-refractivity contribution is -0.125. The lowest BCUT2D eigenvalue weighted by Gasteiger charge is -2.15. The van der Waals surface area contributed by atoms with Gasteiger partial charge in [-0.3, -0.25) is 9.59 Å². The maximum absolute atomic E-state index is 14.3. The van der Waals surface area contributed by atoms with Crippen LogP contribution in [-0.2, 0) is 16.0 Å². The molecule has 0 bridgehead atoms. The zero-order valence-electron chi connectivity index (χ0n) is 13.8. The third kappa shape index (κ3) is 4.80. The van der Waals surface area contributed by atoms with E-state index in [1.807, 2.05) is 0 Å². The smallest absolute Gasteiger partial charge is 0.405 e. The molecule has 0 aliphatic carbocycles. The second-order valence-corrected chi connectivity index (χ2v) is 5.83. The van der Waals surface area contributed by atoms with Gasteiger partial charge >= 0.3 is 6.09 Å². The zero-order chi connectivity index (χ0) is 19.3. The highest BCUT2D eigenvalue weighted by atomic mass is 35.5. The van der Waals surface area contributed by atoms with Crippen LogP contribution in [-0.4, -0.2) is 23.9 Å². The summed E-state index contributed by atoms with van der Waals surface area (Å²) in [5, 5.41) is 2.59. The summed E-state index contributed by atoms with van der Waals surface area (Å²) in [6, 6.07) is 10.8. The molecule has 1 atom stereocenters. The number of amides is 2. The Kier molecular flexibility index (Phi) is 6.30. The number of halogens is 2. The minimum atomic E-state index is -1.18. The van der Waals surface area contributed by atoms with Gasteiger partial charge in [-0.05, 0) is 31.2 Å². The maximum atomic E-state index is 14.3. The minimum absolute atomic E-state index is 0.00824. The van der Waals surface area contributed by atoms with Crippen LogP contribution in [0.5, 0.6) is 0 Å². The number of hydrogen-bond donors (Lipinski definition) is 2. The third-order valence-corrected chi connectivity index (χ3v) is 3.88. The SMILES string of the molecule is CC(OC(N)=O)C(=O)Cc1c(F)ccc(Cl)c1C(=O)Nc1ccccc1. The van der Waals surface area contributed by atoms with Gasteiger partial charge in [-0.1, -0.05) is 29.8 Å². The molecule has 0 saturated heterocycles. The van der Waals surface area contributed by atoms with Crippen molar-refractivity contribution >= 4 is 35.1 Å². The highest BCUT2D eigenvalue weighted by Gasteiger charge is 2.24. The Labute approximate surface area is 154 Å². The third-order valence-electron chi connectivity index (χ3n) is 3.56. The van der Waals surface area contributed by atoms with Crippen molar-refractivity contribution in [3.63, 3.8) is 0 Å². The number of carbonyl (C=O) groups excluding carboxylic acids is 3. The summed E-state index contributed by atoms with van der Waals surface area (Å²) in [4.78, 5) is 35.5. The van der Waals surface area contributed by atoms with E-state index in [4.69, 9.17) is 17.3 Å². The first-order chi connectivity index (χ1) is 12.3. The lowest BCUT2D eigenvalue weighted by atomic mass is 9.99.